The van der Waals surface area contributed by atoms with Crippen LogP contribution in [-0.4, -0.2) is 36.7 Å². The molecule has 1 fully saturated rings. The fourth-order valence-corrected chi connectivity index (χ4v) is 4.85. The molecule has 3 rings (SSSR count). The number of likely N-dealkylation sites (tertiary alicyclic amines) is 1. The Hall–Kier alpha value is -1.89. The lowest BCUT2D eigenvalue weighted by molar-refractivity contribution is 0.130. The smallest absolute Gasteiger partial charge is 0.321 e. The van der Waals surface area contributed by atoms with Crippen LogP contribution in [0.3, 0.4) is 0 Å². The summed E-state index contributed by atoms with van der Waals surface area (Å²) in [6.07, 6.45) is 7.12. The zero-order valence-electron chi connectivity index (χ0n) is 18.8. The number of hydrogen-bond donors (Lipinski definition) is 0. The van der Waals surface area contributed by atoms with E-state index >= 15 is 0 Å². The van der Waals surface area contributed by atoms with Gasteiger partial charge in [-0.2, -0.15) is 0 Å². The van der Waals surface area contributed by atoms with Gasteiger partial charge < -0.3 is 4.57 Å². The lowest BCUT2D eigenvalue weighted by atomic mass is 9.92. The molecular weight excluding hydrogens is 366 g/mol. The molecule has 0 unspecified atom stereocenters. The number of rotatable bonds is 8. The number of hydrogen-bond acceptors (Lipinski definition) is 4. The number of piperidine rings is 1. The minimum Gasteiger partial charge on any atom is -0.321 e. The number of nitrogens with zero attached hydrogens (tertiary/aromatic N) is 5. The Balaban J connectivity index is 1.97. The van der Waals surface area contributed by atoms with E-state index in [0.29, 0.717) is 23.0 Å². The van der Waals surface area contributed by atoms with E-state index in [1.807, 2.05) is 0 Å². The maximum Gasteiger partial charge on any atom is 0.332 e. The van der Waals surface area contributed by atoms with Crippen molar-refractivity contribution >= 4 is 11.2 Å². The second-order valence-corrected chi connectivity index (χ2v) is 9.11. The molecule has 7 heteroatoms. The van der Waals surface area contributed by atoms with Crippen molar-refractivity contribution in [1.82, 2.24) is 23.6 Å². The Bertz CT molecular complexity index is 945. The van der Waals surface area contributed by atoms with E-state index in [-0.39, 0.29) is 11.2 Å². The van der Waals surface area contributed by atoms with Crippen LogP contribution >= 0.6 is 0 Å². The molecular formula is C22H37N5O2. The Morgan fingerprint density at radius 3 is 2.28 bits per heavy atom. The monoisotopic (exact) mass is 403 g/mol. The molecule has 2 aromatic rings. The molecule has 2 aromatic heterocycles. The van der Waals surface area contributed by atoms with E-state index in [1.165, 1.54) is 34.8 Å². The van der Waals surface area contributed by atoms with Crippen molar-refractivity contribution in [2.75, 3.05) is 13.1 Å². The van der Waals surface area contributed by atoms with E-state index in [2.05, 4.69) is 30.2 Å². The van der Waals surface area contributed by atoms with Crippen LogP contribution in [0.5, 0.6) is 0 Å². The number of fused-ring (bicyclic) bond motifs is 1. The molecule has 29 heavy (non-hydrogen) atoms. The molecule has 0 amide bonds. The zero-order chi connectivity index (χ0) is 21.1. The average molecular weight is 404 g/mol. The molecule has 0 radical (unpaired) electrons. The van der Waals surface area contributed by atoms with Gasteiger partial charge in [-0.15, -0.1) is 0 Å². The molecule has 162 valence electrons. The maximum absolute atomic E-state index is 12.9. The number of unbranched alkanes of at least 4 members (excludes halogenated alkanes) is 4. The molecule has 0 aliphatic carbocycles. The Labute approximate surface area is 173 Å². The van der Waals surface area contributed by atoms with Crippen molar-refractivity contribution in [3.05, 3.63) is 26.7 Å². The molecule has 0 spiro atoms. The zero-order valence-corrected chi connectivity index (χ0v) is 18.8. The Kier molecular flexibility index (Phi) is 6.98. The SMILES string of the molecule is CCCCCCCn1c(CN2C[C@@H](C)C[C@H](C)C2)nc2c1c(=O)n(C)c(=O)n2C. The quantitative estimate of drug-likeness (QED) is 0.636. The largest absolute Gasteiger partial charge is 0.332 e. The summed E-state index contributed by atoms with van der Waals surface area (Å²) < 4.78 is 4.80. The molecule has 0 bridgehead atoms. The van der Waals surface area contributed by atoms with Crippen LogP contribution in [0, 0.1) is 11.8 Å². The van der Waals surface area contributed by atoms with Gasteiger partial charge in [-0.05, 0) is 24.7 Å². The highest BCUT2D eigenvalue weighted by molar-refractivity contribution is 5.71. The number of imidazole rings is 1. The summed E-state index contributed by atoms with van der Waals surface area (Å²) in [6, 6.07) is 0. The lowest BCUT2D eigenvalue weighted by Gasteiger charge is -2.34. The molecule has 1 aliphatic rings. The predicted octanol–water partition coefficient (Wildman–Crippen LogP) is 2.88. The Morgan fingerprint density at radius 1 is 0.966 bits per heavy atom. The van der Waals surface area contributed by atoms with Gasteiger partial charge in [0, 0.05) is 33.7 Å². The first-order chi connectivity index (χ1) is 13.8. The normalized spacial score (nSPS) is 20.6. The summed E-state index contributed by atoms with van der Waals surface area (Å²) in [5.74, 6) is 2.25. The van der Waals surface area contributed by atoms with Crippen molar-refractivity contribution < 1.29 is 0 Å². The minimum absolute atomic E-state index is 0.240. The topological polar surface area (TPSA) is 65.1 Å². The summed E-state index contributed by atoms with van der Waals surface area (Å²) >= 11 is 0. The minimum atomic E-state index is -0.318. The highest BCUT2D eigenvalue weighted by atomic mass is 16.2. The number of aromatic nitrogens is 4. The summed E-state index contributed by atoms with van der Waals surface area (Å²) in [5.41, 5.74) is 0.524. The highest BCUT2D eigenvalue weighted by Crippen LogP contribution is 2.23. The van der Waals surface area contributed by atoms with Gasteiger partial charge in [-0.25, -0.2) is 9.78 Å². The van der Waals surface area contributed by atoms with Crippen LogP contribution in [0.15, 0.2) is 9.59 Å². The van der Waals surface area contributed by atoms with Gasteiger partial charge in [0.05, 0.1) is 6.54 Å². The van der Waals surface area contributed by atoms with Crippen molar-refractivity contribution in [2.45, 2.75) is 72.4 Å². The standard InChI is InChI=1S/C22H37N5O2/c1-6-7-8-9-10-11-27-18(15-26-13-16(2)12-17(3)14-26)23-20-19(27)21(28)25(5)22(29)24(20)4/h16-17H,6-15H2,1-5H3/t16-,17-/m0/s1. The van der Waals surface area contributed by atoms with Crippen LogP contribution in [0.25, 0.3) is 11.2 Å². The second kappa shape index (κ2) is 9.28. The van der Waals surface area contributed by atoms with Crippen molar-refractivity contribution in [3.63, 3.8) is 0 Å². The predicted molar refractivity (Wildman–Crippen MR) is 117 cm³/mol. The molecule has 1 aliphatic heterocycles. The highest BCUT2D eigenvalue weighted by Gasteiger charge is 2.25. The van der Waals surface area contributed by atoms with Crippen LogP contribution in [-0.2, 0) is 27.2 Å². The molecule has 7 nitrogen and oxygen atoms in total. The van der Waals surface area contributed by atoms with Crippen molar-refractivity contribution in [2.24, 2.45) is 25.9 Å². The van der Waals surface area contributed by atoms with E-state index in [0.717, 1.165) is 44.8 Å². The number of aryl methyl sites for hydroxylation is 2. The second-order valence-electron chi connectivity index (χ2n) is 9.11. The summed E-state index contributed by atoms with van der Waals surface area (Å²) in [6.45, 7) is 10.4. The third-order valence-corrected chi connectivity index (χ3v) is 6.22. The third kappa shape index (κ3) is 4.65. The van der Waals surface area contributed by atoms with Gasteiger partial charge in [0.15, 0.2) is 11.2 Å². The molecule has 2 atom stereocenters. The van der Waals surface area contributed by atoms with Gasteiger partial charge in [-0.1, -0.05) is 46.5 Å². The molecule has 3 heterocycles. The van der Waals surface area contributed by atoms with Gasteiger partial charge in [0.2, 0.25) is 0 Å². The molecule has 0 saturated carbocycles. The van der Waals surface area contributed by atoms with E-state index < -0.39 is 0 Å². The molecule has 0 aromatic carbocycles. The van der Waals surface area contributed by atoms with Crippen LogP contribution in [0.2, 0.25) is 0 Å². The lowest BCUT2D eigenvalue weighted by Crippen LogP contribution is -2.39. The average Bonchev–Trinajstić information content (AvgIpc) is 3.02. The van der Waals surface area contributed by atoms with Crippen LogP contribution in [0.4, 0.5) is 0 Å². The van der Waals surface area contributed by atoms with Crippen LogP contribution < -0.4 is 11.2 Å². The first-order valence-corrected chi connectivity index (χ1v) is 11.2. The fraction of sp³-hybridized carbons (Fsp3) is 0.773. The Morgan fingerprint density at radius 2 is 1.62 bits per heavy atom. The summed E-state index contributed by atoms with van der Waals surface area (Å²) in [7, 11) is 3.26. The first kappa shape index (κ1) is 21.8. The first-order valence-electron chi connectivity index (χ1n) is 11.2. The molecule has 1 saturated heterocycles. The van der Waals surface area contributed by atoms with E-state index in [1.54, 1.807) is 14.1 Å². The van der Waals surface area contributed by atoms with Crippen LogP contribution in [0.1, 0.15) is 65.1 Å². The van der Waals surface area contributed by atoms with E-state index in [9.17, 15) is 9.59 Å². The van der Waals surface area contributed by atoms with E-state index in [4.69, 9.17) is 4.98 Å². The summed E-state index contributed by atoms with van der Waals surface area (Å²) in [4.78, 5) is 32.6. The fourth-order valence-electron chi connectivity index (χ4n) is 4.85. The third-order valence-electron chi connectivity index (χ3n) is 6.22. The van der Waals surface area contributed by atoms with Gasteiger partial charge >= 0.3 is 5.69 Å². The van der Waals surface area contributed by atoms with Crippen molar-refractivity contribution in [3.8, 4) is 0 Å². The van der Waals surface area contributed by atoms with Crippen molar-refractivity contribution in [1.29, 1.82) is 0 Å². The molecule has 0 N–H and O–H groups in total. The van der Waals surface area contributed by atoms with Gasteiger partial charge in [0.1, 0.15) is 5.82 Å². The van der Waals surface area contributed by atoms with Gasteiger partial charge in [-0.3, -0.25) is 18.8 Å². The maximum atomic E-state index is 12.9. The van der Waals surface area contributed by atoms with Gasteiger partial charge in [0.25, 0.3) is 5.56 Å². The summed E-state index contributed by atoms with van der Waals surface area (Å²) in [5, 5.41) is 0.